The second-order valence-electron chi connectivity index (χ2n) is 6.00. The van der Waals surface area contributed by atoms with Crippen molar-refractivity contribution in [1.82, 2.24) is 14.9 Å². The van der Waals surface area contributed by atoms with Crippen LogP contribution in [0, 0.1) is 18.3 Å². The molecule has 1 aromatic rings. The minimum Gasteiger partial charge on any atom is -0.384 e. The van der Waals surface area contributed by atoms with E-state index in [4.69, 9.17) is 9.47 Å². The van der Waals surface area contributed by atoms with Crippen LogP contribution in [-0.2, 0) is 16.0 Å². The molecule has 6 nitrogen and oxygen atoms in total. The molecule has 0 bridgehead atoms. The molecule has 1 aromatic heterocycles. The second kappa shape index (κ2) is 5.27. The minimum absolute atomic E-state index is 0.0816. The van der Waals surface area contributed by atoms with Gasteiger partial charge in [0.15, 0.2) is 0 Å². The van der Waals surface area contributed by atoms with Crippen molar-refractivity contribution >= 4 is 0 Å². The maximum atomic E-state index is 11.5. The zero-order chi connectivity index (χ0) is 14.2. The first-order valence-electron chi connectivity index (χ1n) is 6.97. The van der Waals surface area contributed by atoms with Crippen molar-refractivity contribution in [1.29, 1.82) is 0 Å². The Morgan fingerprint density at radius 2 is 2.50 bits per heavy atom. The fourth-order valence-corrected chi connectivity index (χ4v) is 3.51. The molecule has 0 aliphatic carbocycles. The van der Waals surface area contributed by atoms with Crippen LogP contribution in [0.25, 0.3) is 0 Å². The van der Waals surface area contributed by atoms with E-state index >= 15 is 0 Å². The molecule has 20 heavy (non-hydrogen) atoms. The normalized spacial score (nSPS) is 29.8. The molecule has 2 atom stereocenters. The van der Waals surface area contributed by atoms with Crippen molar-refractivity contribution in [3.05, 3.63) is 27.9 Å². The lowest BCUT2D eigenvalue weighted by Gasteiger charge is -2.26. The van der Waals surface area contributed by atoms with Crippen LogP contribution in [0.1, 0.15) is 11.5 Å². The van der Waals surface area contributed by atoms with Crippen molar-refractivity contribution in [3.63, 3.8) is 0 Å². The average molecular weight is 279 g/mol. The molecule has 1 N–H and O–H groups in total. The largest absolute Gasteiger partial charge is 0.384 e. The number of hydrogen-bond acceptors (Lipinski definition) is 5. The highest BCUT2D eigenvalue weighted by Crippen LogP contribution is 2.41. The van der Waals surface area contributed by atoms with E-state index in [-0.39, 0.29) is 11.0 Å². The van der Waals surface area contributed by atoms with Crippen LogP contribution in [0.3, 0.4) is 0 Å². The van der Waals surface area contributed by atoms with Crippen molar-refractivity contribution in [2.45, 2.75) is 13.5 Å². The summed E-state index contributed by atoms with van der Waals surface area (Å²) >= 11 is 0. The number of hydrogen-bond donors (Lipinski definition) is 1. The maximum absolute atomic E-state index is 11.5. The molecule has 0 amide bonds. The summed E-state index contributed by atoms with van der Waals surface area (Å²) in [5.41, 5.74) is 0.867. The standard InChI is InChI=1S/C14H21N3O3/c1-10-15-12(3-13(18)16-10)5-17-4-11-6-20-9-14(11,7-17)8-19-2/h3,11H,4-9H2,1-2H3,(H,15,16,18)/t11-,14-/m0/s1. The van der Waals surface area contributed by atoms with Gasteiger partial charge in [-0.1, -0.05) is 0 Å². The zero-order valence-electron chi connectivity index (χ0n) is 12.0. The summed E-state index contributed by atoms with van der Waals surface area (Å²) in [5, 5.41) is 0. The predicted octanol–water partition coefficient (Wildman–Crippen LogP) is 0.173. The Labute approximate surface area is 118 Å². The Morgan fingerprint density at radius 3 is 3.25 bits per heavy atom. The number of nitrogens with zero attached hydrogens (tertiary/aromatic N) is 2. The molecule has 0 unspecified atom stereocenters. The van der Waals surface area contributed by atoms with Crippen molar-refractivity contribution in [3.8, 4) is 0 Å². The average Bonchev–Trinajstić information content (AvgIpc) is 2.84. The number of rotatable bonds is 4. The predicted molar refractivity (Wildman–Crippen MR) is 73.5 cm³/mol. The quantitative estimate of drug-likeness (QED) is 0.851. The Bertz CT molecular complexity index is 545. The summed E-state index contributed by atoms with van der Waals surface area (Å²) in [6, 6.07) is 1.58. The van der Waals surface area contributed by atoms with Gasteiger partial charge in [0.25, 0.3) is 5.56 Å². The SMILES string of the molecule is COC[C@@]12COC[C@@H]1CN(Cc1cc(=O)[nH]c(C)n1)C2. The number of H-pyrrole nitrogens is 1. The Balaban J connectivity index is 1.72. The van der Waals surface area contributed by atoms with Gasteiger partial charge in [0.05, 0.1) is 25.5 Å². The lowest BCUT2D eigenvalue weighted by atomic mass is 9.82. The monoisotopic (exact) mass is 279 g/mol. The van der Waals surface area contributed by atoms with Gasteiger partial charge >= 0.3 is 0 Å². The van der Waals surface area contributed by atoms with Gasteiger partial charge in [-0.2, -0.15) is 0 Å². The Kier molecular flexibility index (Phi) is 3.62. The van der Waals surface area contributed by atoms with Crippen LogP contribution in [0.5, 0.6) is 0 Å². The molecule has 2 aliphatic rings. The number of methoxy groups -OCH3 is 1. The van der Waals surface area contributed by atoms with Crippen LogP contribution >= 0.6 is 0 Å². The number of nitrogens with one attached hydrogen (secondary N) is 1. The Morgan fingerprint density at radius 1 is 1.65 bits per heavy atom. The van der Waals surface area contributed by atoms with Crippen LogP contribution < -0.4 is 5.56 Å². The van der Waals surface area contributed by atoms with Gasteiger partial charge in [0.2, 0.25) is 0 Å². The minimum atomic E-state index is -0.0816. The Hall–Kier alpha value is -1.24. The molecule has 0 radical (unpaired) electrons. The van der Waals surface area contributed by atoms with E-state index in [2.05, 4.69) is 14.9 Å². The van der Waals surface area contributed by atoms with E-state index in [0.717, 1.165) is 38.6 Å². The summed E-state index contributed by atoms with van der Waals surface area (Å²) in [5.74, 6) is 1.19. The lowest BCUT2D eigenvalue weighted by molar-refractivity contribution is 0.0531. The molecule has 2 fully saturated rings. The van der Waals surface area contributed by atoms with E-state index in [1.54, 1.807) is 13.2 Å². The number of ether oxygens (including phenoxy) is 2. The molecule has 110 valence electrons. The van der Waals surface area contributed by atoms with Gasteiger partial charge < -0.3 is 14.5 Å². The first-order valence-corrected chi connectivity index (χ1v) is 6.97. The van der Waals surface area contributed by atoms with Gasteiger partial charge in [-0.05, 0) is 6.92 Å². The molecular formula is C14H21N3O3. The molecule has 6 heteroatoms. The molecule has 3 heterocycles. The van der Waals surface area contributed by atoms with E-state index in [0.29, 0.717) is 18.3 Å². The van der Waals surface area contributed by atoms with Crippen LogP contribution in [0.2, 0.25) is 0 Å². The van der Waals surface area contributed by atoms with Gasteiger partial charge in [0, 0.05) is 44.1 Å². The molecule has 3 rings (SSSR count). The molecule has 0 spiro atoms. The molecule has 2 aliphatic heterocycles. The number of aromatic nitrogens is 2. The number of likely N-dealkylation sites (tertiary alicyclic amines) is 1. The van der Waals surface area contributed by atoms with E-state index in [1.807, 2.05) is 6.92 Å². The number of aryl methyl sites for hydroxylation is 1. The van der Waals surface area contributed by atoms with Gasteiger partial charge in [-0.3, -0.25) is 9.69 Å². The summed E-state index contributed by atoms with van der Waals surface area (Å²) < 4.78 is 11.0. The van der Waals surface area contributed by atoms with E-state index < -0.39 is 0 Å². The first-order chi connectivity index (χ1) is 9.61. The lowest BCUT2D eigenvalue weighted by Crippen LogP contribution is -2.35. The summed E-state index contributed by atoms with van der Waals surface area (Å²) in [6.07, 6.45) is 0. The maximum Gasteiger partial charge on any atom is 0.251 e. The van der Waals surface area contributed by atoms with Gasteiger partial charge in [0.1, 0.15) is 5.82 Å². The topological polar surface area (TPSA) is 67.5 Å². The highest BCUT2D eigenvalue weighted by molar-refractivity contribution is 5.05. The fraction of sp³-hybridized carbons (Fsp3) is 0.714. The zero-order valence-corrected chi connectivity index (χ0v) is 12.0. The van der Waals surface area contributed by atoms with Crippen LogP contribution in [0.15, 0.2) is 10.9 Å². The van der Waals surface area contributed by atoms with Crippen molar-refractivity contribution < 1.29 is 9.47 Å². The smallest absolute Gasteiger partial charge is 0.251 e. The summed E-state index contributed by atoms with van der Waals surface area (Å²) in [7, 11) is 1.74. The highest BCUT2D eigenvalue weighted by atomic mass is 16.5. The van der Waals surface area contributed by atoms with E-state index in [9.17, 15) is 4.79 Å². The van der Waals surface area contributed by atoms with Crippen molar-refractivity contribution in [2.24, 2.45) is 11.3 Å². The first kappa shape index (κ1) is 13.7. The molecule has 0 aromatic carbocycles. The number of fused-ring (bicyclic) bond motifs is 1. The van der Waals surface area contributed by atoms with Crippen molar-refractivity contribution in [2.75, 3.05) is 40.0 Å². The fourth-order valence-electron chi connectivity index (χ4n) is 3.51. The second-order valence-corrected chi connectivity index (χ2v) is 6.00. The summed E-state index contributed by atoms with van der Waals surface area (Å²) in [6.45, 7) is 6.76. The molecule has 0 saturated carbocycles. The third-order valence-corrected chi connectivity index (χ3v) is 4.32. The number of aromatic amines is 1. The van der Waals surface area contributed by atoms with Gasteiger partial charge in [-0.15, -0.1) is 0 Å². The van der Waals surface area contributed by atoms with Gasteiger partial charge in [-0.25, -0.2) is 4.98 Å². The third kappa shape index (κ3) is 2.51. The van der Waals surface area contributed by atoms with Crippen LogP contribution in [0.4, 0.5) is 0 Å². The van der Waals surface area contributed by atoms with E-state index in [1.165, 1.54) is 0 Å². The molecule has 2 saturated heterocycles. The summed E-state index contributed by atoms with van der Waals surface area (Å²) in [4.78, 5) is 20.9. The third-order valence-electron chi connectivity index (χ3n) is 4.32. The van der Waals surface area contributed by atoms with Crippen LogP contribution in [-0.4, -0.2) is 54.9 Å². The highest BCUT2D eigenvalue weighted by Gasteiger charge is 2.50. The molecular weight excluding hydrogens is 258 g/mol.